The lowest BCUT2D eigenvalue weighted by atomic mass is 10.1. The first kappa shape index (κ1) is 15.9. The Hall–Kier alpha value is -1.16. The molecule has 1 aromatic carbocycles. The van der Waals surface area contributed by atoms with Crippen LogP contribution in [0, 0.1) is 5.92 Å². The van der Waals surface area contributed by atoms with Crippen molar-refractivity contribution in [3.05, 3.63) is 29.8 Å². The van der Waals surface area contributed by atoms with Crippen molar-refractivity contribution in [3.8, 4) is 5.75 Å². The number of rotatable bonds is 7. The van der Waals surface area contributed by atoms with Gasteiger partial charge in [0.05, 0.1) is 17.9 Å². The Morgan fingerprint density at radius 3 is 2.47 bits per heavy atom. The van der Waals surface area contributed by atoms with Crippen LogP contribution < -0.4 is 4.74 Å². The molecule has 1 aromatic rings. The molecular weight excluding hydrogens is 260 g/mol. The second kappa shape index (κ2) is 7.43. The molecule has 4 heteroatoms. The van der Waals surface area contributed by atoms with Crippen LogP contribution in [-0.2, 0) is 10.8 Å². The highest BCUT2D eigenvalue weighted by molar-refractivity contribution is 7.85. The van der Waals surface area contributed by atoms with Crippen LogP contribution in [0.15, 0.2) is 24.3 Å². The number of ether oxygens (including phenoxy) is 1. The predicted octanol–water partition coefficient (Wildman–Crippen LogP) is 3.06. The Morgan fingerprint density at radius 2 is 1.89 bits per heavy atom. The SMILES string of the molecule is CC(=O)c1ccccc1OCCS(=O)C(C)C(C)C. The Morgan fingerprint density at radius 1 is 1.26 bits per heavy atom. The van der Waals surface area contributed by atoms with Crippen molar-refractivity contribution >= 4 is 16.6 Å². The number of hydrogen-bond acceptors (Lipinski definition) is 3. The average Bonchev–Trinajstić information content (AvgIpc) is 2.37. The summed E-state index contributed by atoms with van der Waals surface area (Å²) in [5.74, 6) is 1.44. The zero-order chi connectivity index (χ0) is 14.4. The molecule has 0 saturated carbocycles. The van der Waals surface area contributed by atoms with Gasteiger partial charge in [0.25, 0.3) is 0 Å². The summed E-state index contributed by atoms with van der Waals surface area (Å²) in [5.41, 5.74) is 0.574. The lowest BCUT2D eigenvalue weighted by Crippen LogP contribution is -2.23. The molecule has 0 heterocycles. The maximum atomic E-state index is 12.0. The number of Topliss-reactive ketones (excluding diaryl/α,β-unsaturated/α-hetero) is 1. The molecule has 0 aliphatic carbocycles. The minimum absolute atomic E-state index is 0.0210. The van der Waals surface area contributed by atoms with Crippen LogP contribution in [0.5, 0.6) is 5.75 Å². The quantitative estimate of drug-likeness (QED) is 0.722. The smallest absolute Gasteiger partial charge is 0.163 e. The largest absolute Gasteiger partial charge is 0.492 e. The summed E-state index contributed by atoms with van der Waals surface area (Å²) >= 11 is 0. The van der Waals surface area contributed by atoms with E-state index in [-0.39, 0.29) is 11.0 Å². The molecule has 0 fully saturated rings. The standard InChI is InChI=1S/C15H22O3S/c1-11(2)13(4)19(17)10-9-18-15-8-6-5-7-14(15)12(3)16/h5-8,11,13H,9-10H2,1-4H3. The second-order valence-corrected chi connectivity index (χ2v) is 6.85. The summed E-state index contributed by atoms with van der Waals surface area (Å²) in [6.45, 7) is 8.00. The van der Waals surface area contributed by atoms with Gasteiger partial charge >= 0.3 is 0 Å². The highest BCUT2D eigenvalue weighted by atomic mass is 32.2. The summed E-state index contributed by atoms with van der Waals surface area (Å²) in [4.78, 5) is 11.4. The Bertz CT molecular complexity index is 454. The van der Waals surface area contributed by atoms with Crippen LogP contribution in [-0.4, -0.2) is 27.6 Å². The van der Waals surface area contributed by atoms with Crippen molar-refractivity contribution in [3.63, 3.8) is 0 Å². The van der Waals surface area contributed by atoms with Crippen LogP contribution >= 0.6 is 0 Å². The molecule has 106 valence electrons. The molecule has 0 aliphatic heterocycles. The Kier molecular flexibility index (Phi) is 6.22. The van der Waals surface area contributed by atoms with E-state index in [1.807, 2.05) is 19.1 Å². The number of carbonyl (C=O) groups is 1. The van der Waals surface area contributed by atoms with Crippen molar-refractivity contribution in [1.29, 1.82) is 0 Å². The molecular formula is C15H22O3S. The zero-order valence-electron chi connectivity index (χ0n) is 12.0. The van der Waals surface area contributed by atoms with Gasteiger partial charge in [0.15, 0.2) is 5.78 Å². The number of benzene rings is 1. The summed E-state index contributed by atoms with van der Waals surface area (Å²) < 4.78 is 17.5. The van der Waals surface area contributed by atoms with Gasteiger partial charge in [0, 0.05) is 16.0 Å². The van der Waals surface area contributed by atoms with Crippen LogP contribution in [0.2, 0.25) is 0 Å². The normalized spacial score (nSPS) is 14.2. The lowest BCUT2D eigenvalue weighted by molar-refractivity contribution is 0.101. The van der Waals surface area contributed by atoms with Gasteiger partial charge in [-0.05, 0) is 25.0 Å². The number of para-hydroxylation sites is 1. The topological polar surface area (TPSA) is 43.4 Å². The van der Waals surface area contributed by atoms with Crippen LogP contribution in [0.3, 0.4) is 0 Å². The van der Waals surface area contributed by atoms with Crippen molar-refractivity contribution in [1.82, 2.24) is 0 Å². The third-order valence-corrected chi connectivity index (χ3v) is 5.10. The summed E-state index contributed by atoms with van der Waals surface area (Å²) in [6, 6.07) is 7.15. The van der Waals surface area contributed by atoms with Crippen LogP contribution in [0.25, 0.3) is 0 Å². The van der Waals surface area contributed by atoms with Gasteiger partial charge in [-0.3, -0.25) is 9.00 Å². The summed E-state index contributed by atoms with van der Waals surface area (Å²) in [6.07, 6.45) is 0. The maximum Gasteiger partial charge on any atom is 0.163 e. The van der Waals surface area contributed by atoms with E-state index in [1.165, 1.54) is 6.92 Å². The first-order chi connectivity index (χ1) is 8.93. The fourth-order valence-corrected chi connectivity index (χ4v) is 2.83. The van der Waals surface area contributed by atoms with Crippen molar-refractivity contribution in [2.24, 2.45) is 5.92 Å². The van der Waals surface area contributed by atoms with Crippen LogP contribution in [0.4, 0.5) is 0 Å². The van der Waals surface area contributed by atoms with Gasteiger partial charge in [-0.15, -0.1) is 0 Å². The van der Waals surface area contributed by atoms with Crippen molar-refractivity contribution < 1.29 is 13.7 Å². The van der Waals surface area contributed by atoms with E-state index in [0.29, 0.717) is 29.6 Å². The molecule has 0 aliphatic rings. The zero-order valence-corrected chi connectivity index (χ0v) is 12.8. The van der Waals surface area contributed by atoms with E-state index in [9.17, 15) is 9.00 Å². The molecule has 0 amide bonds. The number of ketones is 1. The van der Waals surface area contributed by atoms with E-state index in [0.717, 1.165) is 0 Å². The molecule has 2 unspecified atom stereocenters. The fourth-order valence-electron chi connectivity index (χ4n) is 1.61. The average molecular weight is 282 g/mol. The highest BCUT2D eigenvalue weighted by Crippen LogP contribution is 2.18. The van der Waals surface area contributed by atoms with Gasteiger partial charge in [-0.1, -0.05) is 32.9 Å². The van der Waals surface area contributed by atoms with E-state index in [1.54, 1.807) is 12.1 Å². The minimum atomic E-state index is -0.896. The molecule has 3 nitrogen and oxygen atoms in total. The lowest BCUT2D eigenvalue weighted by Gasteiger charge is -2.15. The summed E-state index contributed by atoms with van der Waals surface area (Å²) in [7, 11) is -0.896. The monoisotopic (exact) mass is 282 g/mol. The van der Waals surface area contributed by atoms with Gasteiger partial charge in [-0.25, -0.2) is 0 Å². The molecule has 2 atom stereocenters. The van der Waals surface area contributed by atoms with Gasteiger partial charge in [-0.2, -0.15) is 0 Å². The second-order valence-electron chi connectivity index (χ2n) is 4.93. The van der Waals surface area contributed by atoms with E-state index in [2.05, 4.69) is 13.8 Å². The molecule has 19 heavy (non-hydrogen) atoms. The summed E-state index contributed by atoms with van der Waals surface area (Å²) in [5, 5.41) is 0.159. The van der Waals surface area contributed by atoms with Gasteiger partial charge in [0.2, 0.25) is 0 Å². The predicted molar refractivity (Wildman–Crippen MR) is 79.3 cm³/mol. The number of carbonyl (C=O) groups excluding carboxylic acids is 1. The third-order valence-electron chi connectivity index (χ3n) is 3.16. The van der Waals surface area contributed by atoms with E-state index in [4.69, 9.17) is 4.74 Å². The Balaban J connectivity index is 2.54. The first-order valence-electron chi connectivity index (χ1n) is 6.53. The van der Waals surface area contributed by atoms with Crippen molar-refractivity contribution in [2.45, 2.75) is 32.9 Å². The van der Waals surface area contributed by atoms with Gasteiger partial charge < -0.3 is 4.74 Å². The molecule has 0 saturated heterocycles. The minimum Gasteiger partial charge on any atom is -0.492 e. The van der Waals surface area contributed by atoms with Crippen molar-refractivity contribution in [2.75, 3.05) is 12.4 Å². The Labute approximate surface area is 117 Å². The maximum absolute atomic E-state index is 12.0. The molecule has 0 N–H and O–H groups in total. The molecule has 0 aromatic heterocycles. The number of hydrogen-bond donors (Lipinski definition) is 0. The van der Waals surface area contributed by atoms with Gasteiger partial charge in [0.1, 0.15) is 5.75 Å². The molecule has 0 bridgehead atoms. The van der Waals surface area contributed by atoms with E-state index >= 15 is 0 Å². The third kappa shape index (κ3) is 4.78. The molecule has 1 rings (SSSR count). The van der Waals surface area contributed by atoms with Crippen LogP contribution in [0.1, 0.15) is 38.1 Å². The fraction of sp³-hybridized carbons (Fsp3) is 0.533. The molecule has 0 radical (unpaired) electrons. The highest BCUT2D eigenvalue weighted by Gasteiger charge is 2.15. The van der Waals surface area contributed by atoms with E-state index < -0.39 is 10.8 Å². The molecule has 0 spiro atoms. The first-order valence-corrected chi connectivity index (χ1v) is 7.91.